The summed E-state index contributed by atoms with van der Waals surface area (Å²) < 4.78 is 5.63. The number of aromatic nitrogens is 2. The van der Waals surface area contributed by atoms with Gasteiger partial charge in [0.2, 0.25) is 0 Å². The van der Waals surface area contributed by atoms with Crippen LogP contribution >= 0.6 is 0 Å². The summed E-state index contributed by atoms with van der Waals surface area (Å²) in [5.74, 6) is 2.88. The van der Waals surface area contributed by atoms with Gasteiger partial charge in [0.25, 0.3) is 5.56 Å². The van der Waals surface area contributed by atoms with E-state index in [1.54, 1.807) is 7.11 Å². The van der Waals surface area contributed by atoms with E-state index in [0.717, 1.165) is 48.3 Å². The summed E-state index contributed by atoms with van der Waals surface area (Å²) in [5, 5.41) is 0. The van der Waals surface area contributed by atoms with Crippen LogP contribution in [0.2, 0.25) is 0 Å². The van der Waals surface area contributed by atoms with Crippen LogP contribution in [0.3, 0.4) is 0 Å². The van der Waals surface area contributed by atoms with Gasteiger partial charge in [-0.15, -0.1) is 6.42 Å². The average Bonchev–Trinajstić information content (AvgIpc) is 2.61. The standard InChI is InChI=1S/C20H25N3O2/c1-6-14-18(23-11-9-20(4,25-5)10-12-23)17-16(22-19(14)24)8-7-15(21-17)13(2)3/h1,7-8,13H,9-12H2,2-5H3,(H,22,24). The molecule has 1 N–H and O–H groups in total. The lowest BCUT2D eigenvalue weighted by Gasteiger charge is -2.39. The van der Waals surface area contributed by atoms with Gasteiger partial charge in [0.1, 0.15) is 11.1 Å². The predicted octanol–water partition coefficient (Wildman–Crippen LogP) is 3.03. The second kappa shape index (κ2) is 6.53. The van der Waals surface area contributed by atoms with Gasteiger partial charge in [-0.25, -0.2) is 4.98 Å². The molecule has 0 aliphatic carbocycles. The number of terminal acetylenes is 1. The molecule has 0 bridgehead atoms. The third kappa shape index (κ3) is 3.14. The van der Waals surface area contributed by atoms with Crippen LogP contribution in [-0.4, -0.2) is 35.8 Å². The Morgan fingerprint density at radius 1 is 1.36 bits per heavy atom. The molecule has 5 nitrogen and oxygen atoms in total. The number of hydrogen-bond acceptors (Lipinski definition) is 4. The van der Waals surface area contributed by atoms with Crippen LogP contribution in [0.25, 0.3) is 11.0 Å². The molecule has 0 amide bonds. The summed E-state index contributed by atoms with van der Waals surface area (Å²) in [6.07, 6.45) is 7.44. The number of fused-ring (bicyclic) bond motifs is 1. The molecular formula is C20H25N3O2. The molecule has 0 aromatic carbocycles. The van der Waals surface area contributed by atoms with Gasteiger partial charge in [0.15, 0.2) is 0 Å². The number of methoxy groups -OCH3 is 1. The van der Waals surface area contributed by atoms with Gasteiger partial charge in [-0.2, -0.15) is 0 Å². The van der Waals surface area contributed by atoms with Crippen molar-refractivity contribution < 1.29 is 4.74 Å². The van der Waals surface area contributed by atoms with Gasteiger partial charge in [-0.05, 0) is 37.8 Å². The fraction of sp³-hybridized carbons (Fsp3) is 0.500. The smallest absolute Gasteiger partial charge is 0.266 e. The molecule has 0 atom stereocenters. The third-order valence-corrected chi connectivity index (χ3v) is 5.22. The molecule has 0 saturated carbocycles. The molecule has 1 aliphatic heterocycles. The van der Waals surface area contributed by atoms with E-state index in [1.165, 1.54) is 0 Å². The highest BCUT2D eigenvalue weighted by Crippen LogP contribution is 2.33. The van der Waals surface area contributed by atoms with Crippen molar-refractivity contribution in [3.05, 3.63) is 33.7 Å². The molecule has 1 aliphatic rings. The summed E-state index contributed by atoms with van der Waals surface area (Å²) >= 11 is 0. The Hall–Kier alpha value is -2.32. The van der Waals surface area contributed by atoms with Crippen LogP contribution in [-0.2, 0) is 4.74 Å². The van der Waals surface area contributed by atoms with Gasteiger partial charge in [-0.1, -0.05) is 19.8 Å². The molecular weight excluding hydrogens is 314 g/mol. The van der Waals surface area contributed by atoms with E-state index < -0.39 is 0 Å². The van der Waals surface area contributed by atoms with E-state index in [9.17, 15) is 4.79 Å². The van der Waals surface area contributed by atoms with Crippen molar-refractivity contribution in [2.45, 2.75) is 45.1 Å². The number of hydrogen-bond donors (Lipinski definition) is 1. The van der Waals surface area contributed by atoms with Crippen molar-refractivity contribution >= 4 is 16.7 Å². The van der Waals surface area contributed by atoms with Crippen molar-refractivity contribution in [3.8, 4) is 12.3 Å². The Kier molecular flexibility index (Phi) is 4.57. The van der Waals surface area contributed by atoms with E-state index in [4.69, 9.17) is 16.1 Å². The zero-order chi connectivity index (χ0) is 18.2. The lowest BCUT2D eigenvalue weighted by Crippen LogP contribution is -2.44. The van der Waals surface area contributed by atoms with Crippen LogP contribution in [0.5, 0.6) is 0 Å². The first kappa shape index (κ1) is 17.5. The number of nitrogens with zero attached hydrogens (tertiary/aromatic N) is 2. The Bertz CT molecular complexity index is 884. The van der Waals surface area contributed by atoms with Gasteiger partial charge in [0, 0.05) is 25.9 Å². The largest absolute Gasteiger partial charge is 0.378 e. The molecule has 132 valence electrons. The van der Waals surface area contributed by atoms with E-state index in [0.29, 0.717) is 11.5 Å². The number of anilines is 1. The zero-order valence-electron chi connectivity index (χ0n) is 15.3. The lowest BCUT2D eigenvalue weighted by molar-refractivity contribution is -0.0132. The first-order valence-corrected chi connectivity index (χ1v) is 8.72. The Balaban J connectivity index is 2.16. The minimum atomic E-state index is -0.232. The molecule has 25 heavy (non-hydrogen) atoms. The lowest BCUT2D eigenvalue weighted by atomic mass is 9.92. The van der Waals surface area contributed by atoms with E-state index in [2.05, 4.69) is 36.6 Å². The van der Waals surface area contributed by atoms with Gasteiger partial charge >= 0.3 is 0 Å². The van der Waals surface area contributed by atoms with E-state index >= 15 is 0 Å². The first-order chi connectivity index (χ1) is 11.9. The van der Waals surface area contributed by atoms with Gasteiger partial charge < -0.3 is 14.6 Å². The van der Waals surface area contributed by atoms with Crippen molar-refractivity contribution in [2.24, 2.45) is 0 Å². The minimum Gasteiger partial charge on any atom is -0.378 e. The molecule has 3 rings (SSSR count). The number of piperidine rings is 1. The zero-order valence-corrected chi connectivity index (χ0v) is 15.3. The van der Waals surface area contributed by atoms with Crippen molar-refractivity contribution in [2.75, 3.05) is 25.1 Å². The third-order valence-electron chi connectivity index (χ3n) is 5.22. The minimum absolute atomic E-state index is 0.125. The van der Waals surface area contributed by atoms with Crippen LogP contribution in [0.15, 0.2) is 16.9 Å². The second-order valence-electron chi connectivity index (χ2n) is 7.25. The summed E-state index contributed by atoms with van der Waals surface area (Å²) in [4.78, 5) is 22.3. The molecule has 1 saturated heterocycles. The van der Waals surface area contributed by atoms with E-state index in [1.807, 2.05) is 12.1 Å². The predicted molar refractivity (Wildman–Crippen MR) is 101 cm³/mol. The highest BCUT2D eigenvalue weighted by Gasteiger charge is 2.32. The Morgan fingerprint density at radius 3 is 2.60 bits per heavy atom. The van der Waals surface area contributed by atoms with Gasteiger partial charge in [-0.3, -0.25) is 4.79 Å². The van der Waals surface area contributed by atoms with Gasteiger partial charge in [0.05, 0.1) is 16.8 Å². The maximum atomic E-state index is 12.5. The molecule has 2 aromatic heterocycles. The molecule has 0 spiro atoms. The first-order valence-electron chi connectivity index (χ1n) is 8.72. The SMILES string of the molecule is C#Cc1c(N2CCC(C)(OC)CC2)c2nc(C(C)C)ccc2[nH]c1=O. The number of H-pyrrole nitrogens is 1. The van der Waals surface area contributed by atoms with Crippen LogP contribution in [0, 0.1) is 12.3 Å². The summed E-state index contributed by atoms with van der Waals surface area (Å²) in [6, 6.07) is 3.88. The average molecular weight is 339 g/mol. The molecule has 3 heterocycles. The normalized spacial score (nSPS) is 17.0. The van der Waals surface area contributed by atoms with Crippen molar-refractivity contribution in [3.63, 3.8) is 0 Å². The second-order valence-corrected chi connectivity index (χ2v) is 7.25. The van der Waals surface area contributed by atoms with Crippen LogP contribution < -0.4 is 10.5 Å². The monoisotopic (exact) mass is 339 g/mol. The molecule has 1 fully saturated rings. The number of ether oxygens (including phenoxy) is 1. The Labute approximate surface area is 148 Å². The fourth-order valence-corrected chi connectivity index (χ4v) is 3.34. The molecule has 0 radical (unpaired) electrons. The maximum Gasteiger partial charge on any atom is 0.266 e. The molecule has 0 unspecified atom stereocenters. The number of pyridine rings is 2. The quantitative estimate of drug-likeness (QED) is 0.873. The number of nitrogens with one attached hydrogen (secondary N) is 1. The van der Waals surface area contributed by atoms with Crippen LogP contribution in [0.1, 0.15) is 50.8 Å². The highest BCUT2D eigenvalue weighted by molar-refractivity contribution is 5.91. The van der Waals surface area contributed by atoms with E-state index in [-0.39, 0.29) is 11.2 Å². The molecule has 2 aromatic rings. The highest BCUT2D eigenvalue weighted by atomic mass is 16.5. The summed E-state index contributed by atoms with van der Waals surface area (Å²) in [5.41, 5.74) is 3.28. The van der Waals surface area contributed by atoms with Crippen LogP contribution in [0.4, 0.5) is 5.69 Å². The molecule has 5 heteroatoms. The summed E-state index contributed by atoms with van der Waals surface area (Å²) in [6.45, 7) is 7.90. The number of rotatable bonds is 3. The Morgan fingerprint density at radius 2 is 2.04 bits per heavy atom. The topological polar surface area (TPSA) is 58.2 Å². The van der Waals surface area contributed by atoms with Crippen molar-refractivity contribution in [1.82, 2.24) is 9.97 Å². The fourth-order valence-electron chi connectivity index (χ4n) is 3.34. The maximum absolute atomic E-state index is 12.5. The van der Waals surface area contributed by atoms with Crippen molar-refractivity contribution in [1.29, 1.82) is 0 Å². The number of aromatic amines is 1. The summed E-state index contributed by atoms with van der Waals surface area (Å²) in [7, 11) is 1.75.